The first-order valence-electron chi connectivity index (χ1n) is 7.60. The van der Waals surface area contributed by atoms with Crippen LogP contribution in [0.3, 0.4) is 0 Å². The number of nitrogens with one attached hydrogen (secondary N) is 1. The van der Waals surface area contributed by atoms with Gasteiger partial charge in [-0.25, -0.2) is 0 Å². The van der Waals surface area contributed by atoms with Crippen LogP contribution in [0.1, 0.15) is 38.7 Å². The second kappa shape index (κ2) is 6.87. The van der Waals surface area contributed by atoms with Gasteiger partial charge in [0.15, 0.2) is 0 Å². The number of benzene rings is 1. The smallest absolute Gasteiger partial charge is 0.269 e. The molecule has 1 aromatic carbocycles. The summed E-state index contributed by atoms with van der Waals surface area (Å²) in [6, 6.07) is 6.29. The third-order valence-corrected chi connectivity index (χ3v) is 3.87. The highest BCUT2D eigenvalue weighted by atomic mass is 16.6. The summed E-state index contributed by atoms with van der Waals surface area (Å²) in [6.07, 6.45) is 2.56. The first-order chi connectivity index (χ1) is 10.5. The summed E-state index contributed by atoms with van der Waals surface area (Å²) in [6.45, 7) is 5.17. The largest absolute Gasteiger partial charge is 0.379 e. The molecule has 1 saturated carbocycles. The summed E-state index contributed by atoms with van der Waals surface area (Å²) in [5, 5.41) is 13.6. The van der Waals surface area contributed by atoms with E-state index in [-0.39, 0.29) is 17.7 Å². The molecule has 1 aliphatic rings. The lowest BCUT2D eigenvalue weighted by molar-refractivity contribution is -0.384. The van der Waals surface area contributed by atoms with Gasteiger partial charge in [0.2, 0.25) is 5.91 Å². The Morgan fingerprint density at radius 3 is 2.50 bits per heavy atom. The Labute approximate surface area is 130 Å². The van der Waals surface area contributed by atoms with E-state index < -0.39 is 10.3 Å². The van der Waals surface area contributed by atoms with E-state index in [4.69, 9.17) is 4.74 Å². The fourth-order valence-corrected chi connectivity index (χ4v) is 2.44. The second-order valence-corrected chi connectivity index (χ2v) is 5.92. The monoisotopic (exact) mass is 306 g/mol. The van der Waals surface area contributed by atoms with E-state index in [9.17, 15) is 14.9 Å². The highest BCUT2D eigenvalue weighted by Gasteiger charge is 2.51. The molecule has 1 aromatic rings. The van der Waals surface area contributed by atoms with Crippen LogP contribution >= 0.6 is 0 Å². The average molecular weight is 306 g/mol. The van der Waals surface area contributed by atoms with Gasteiger partial charge in [0.25, 0.3) is 5.69 Å². The van der Waals surface area contributed by atoms with E-state index in [0.29, 0.717) is 13.2 Å². The Balaban J connectivity index is 1.87. The number of rotatable bonds is 8. The van der Waals surface area contributed by atoms with E-state index in [1.165, 1.54) is 12.1 Å². The molecule has 6 nitrogen and oxygen atoms in total. The third-order valence-electron chi connectivity index (χ3n) is 3.87. The predicted molar refractivity (Wildman–Crippen MR) is 82.7 cm³/mol. The zero-order valence-electron chi connectivity index (χ0n) is 13.0. The third kappa shape index (κ3) is 3.82. The van der Waals surface area contributed by atoms with Gasteiger partial charge in [-0.05, 0) is 38.7 Å². The molecule has 1 aliphatic carbocycles. The molecule has 0 heterocycles. The van der Waals surface area contributed by atoms with Gasteiger partial charge in [-0.1, -0.05) is 12.1 Å². The summed E-state index contributed by atoms with van der Waals surface area (Å²) >= 11 is 0. The van der Waals surface area contributed by atoms with Crippen LogP contribution < -0.4 is 5.32 Å². The predicted octanol–water partition coefficient (Wildman–Crippen LogP) is 2.56. The number of amides is 1. The molecule has 0 spiro atoms. The molecular weight excluding hydrogens is 284 g/mol. The molecule has 1 N–H and O–H groups in total. The number of ether oxygens (including phenoxy) is 1. The van der Waals surface area contributed by atoms with Crippen molar-refractivity contribution in [1.82, 2.24) is 5.32 Å². The number of nitrogens with zero attached hydrogens (tertiary/aromatic N) is 1. The number of non-ortho nitro benzene ring substituents is 1. The van der Waals surface area contributed by atoms with Gasteiger partial charge in [-0.3, -0.25) is 14.9 Å². The van der Waals surface area contributed by atoms with E-state index in [1.807, 2.05) is 13.8 Å². The Hall–Kier alpha value is -1.95. The van der Waals surface area contributed by atoms with Crippen molar-refractivity contribution in [2.45, 2.75) is 44.6 Å². The second-order valence-electron chi connectivity index (χ2n) is 5.92. The SMILES string of the molecule is CC(C)OCCCNC(=O)C1(c2ccc([N+](=O)[O-])cc2)CC1. The lowest BCUT2D eigenvalue weighted by Crippen LogP contribution is -2.35. The topological polar surface area (TPSA) is 81.5 Å². The Morgan fingerprint density at radius 1 is 1.36 bits per heavy atom. The quantitative estimate of drug-likeness (QED) is 0.454. The van der Waals surface area contributed by atoms with E-state index in [1.54, 1.807) is 12.1 Å². The molecule has 1 amide bonds. The minimum Gasteiger partial charge on any atom is -0.379 e. The van der Waals surface area contributed by atoms with Crippen molar-refractivity contribution < 1.29 is 14.5 Å². The van der Waals surface area contributed by atoms with E-state index in [0.717, 1.165) is 24.8 Å². The lowest BCUT2D eigenvalue weighted by atomic mass is 9.94. The molecule has 0 aromatic heterocycles. The van der Waals surface area contributed by atoms with Gasteiger partial charge in [-0.15, -0.1) is 0 Å². The summed E-state index contributed by atoms with van der Waals surface area (Å²) < 4.78 is 5.43. The molecule has 120 valence electrons. The van der Waals surface area contributed by atoms with Crippen LogP contribution in [0.5, 0.6) is 0 Å². The number of carbonyl (C=O) groups is 1. The number of nitro groups is 1. The Bertz CT molecular complexity index is 536. The van der Waals surface area contributed by atoms with Crippen molar-refractivity contribution in [1.29, 1.82) is 0 Å². The van der Waals surface area contributed by atoms with Crippen LogP contribution in [0, 0.1) is 10.1 Å². The van der Waals surface area contributed by atoms with E-state index >= 15 is 0 Å². The standard InChI is InChI=1S/C16H22N2O4/c1-12(2)22-11-3-10-17-15(19)16(8-9-16)13-4-6-14(7-5-13)18(20)21/h4-7,12H,3,8-11H2,1-2H3,(H,17,19). The van der Waals surface area contributed by atoms with Crippen molar-refractivity contribution in [2.75, 3.05) is 13.2 Å². The van der Waals surface area contributed by atoms with Gasteiger partial charge in [0, 0.05) is 25.3 Å². The molecule has 0 bridgehead atoms. The van der Waals surface area contributed by atoms with Crippen LogP contribution in [0.15, 0.2) is 24.3 Å². The molecule has 0 aliphatic heterocycles. The molecule has 22 heavy (non-hydrogen) atoms. The highest BCUT2D eigenvalue weighted by molar-refractivity contribution is 5.91. The van der Waals surface area contributed by atoms with Crippen molar-refractivity contribution in [3.8, 4) is 0 Å². The molecular formula is C16H22N2O4. The maximum atomic E-state index is 12.4. The number of nitro benzene ring substituents is 1. The van der Waals surface area contributed by atoms with Gasteiger partial charge in [0.05, 0.1) is 16.4 Å². The summed E-state index contributed by atoms with van der Waals surface area (Å²) in [4.78, 5) is 22.6. The van der Waals surface area contributed by atoms with Crippen molar-refractivity contribution >= 4 is 11.6 Å². The Morgan fingerprint density at radius 2 is 2.00 bits per heavy atom. The van der Waals surface area contributed by atoms with Crippen LogP contribution in [0.25, 0.3) is 0 Å². The number of hydrogen-bond acceptors (Lipinski definition) is 4. The Kier molecular flexibility index (Phi) is 5.13. The van der Waals surface area contributed by atoms with Crippen LogP contribution in [-0.2, 0) is 14.9 Å². The van der Waals surface area contributed by atoms with Crippen LogP contribution in [0.4, 0.5) is 5.69 Å². The van der Waals surface area contributed by atoms with Gasteiger partial charge in [-0.2, -0.15) is 0 Å². The molecule has 1 fully saturated rings. The van der Waals surface area contributed by atoms with Crippen LogP contribution in [0.2, 0.25) is 0 Å². The molecule has 0 atom stereocenters. The summed E-state index contributed by atoms with van der Waals surface area (Å²) in [5.41, 5.74) is 0.411. The first kappa shape index (κ1) is 16.4. The van der Waals surface area contributed by atoms with Gasteiger partial charge < -0.3 is 10.1 Å². The molecule has 2 rings (SSSR count). The summed E-state index contributed by atoms with van der Waals surface area (Å²) in [5.74, 6) is 0.00546. The fraction of sp³-hybridized carbons (Fsp3) is 0.562. The zero-order valence-corrected chi connectivity index (χ0v) is 13.0. The summed E-state index contributed by atoms with van der Waals surface area (Å²) in [7, 11) is 0. The zero-order chi connectivity index (χ0) is 16.2. The minimum absolute atomic E-state index is 0.00546. The van der Waals surface area contributed by atoms with Crippen molar-refractivity contribution in [2.24, 2.45) is 0 Å². The lowest BCUT2D eigenvalue weighted by Gasteiger charge is -2.16. The molecule has 0 unspecified atom stereocenters. The number of carbonyl (C=O) groups excluding carboxylic acids is 1. The number of hydrogen-bond donors (Lipinski definition) is 1. The molecule has 6 heteroatoms. The van der Waals surface area contributed by atoms with Gasteiger partial charge in [0.1, 0.15) is 0 Å². The molecule has 0 radical (unpaired) electrons. The maximum absolute atomic E-state index is 12.4. The minimum atomic E-state index is -0.492. The molecule has 0 saturated heterocycles. The normalized spacial score (nSPS) is 15.6. The maximum Gasteiger partial charge on any atom is 0.269 e. The highest BCUT2D eigenvalue weighted by Crippen LogP contribution is 2.48. The average Bonchev–Trinajstić information content (AvgIpc) is 3.28. The van der Waals surface area contributed by atoms with Crippen molar-refractivity contribution in [3.63, 3.8) is 0 Å². The van der Waals surface area contributed by atoms with E-state index in [2.05, 4.69) is 5.32 Å². The van der Waals surface area contributed by atoms with Crippen LogP contribution in [-0.4, -0.2) is 30.1 Å². The first-order valence-corrected chi connectivity index (χ1v) is 7.60. The van der Waals surface area contributed by atoms with Gasteiger partial charge >= 0.3 is 0 Å². The van der Waals surface area contributed by atoms with Crippen molar-refractivity contribution in [3.05, 3.63) is 39.9 Å². The fourth-order valence-electron chi connectivity index (χ4n) is 2.44.